The van der Waals surface area contributed by atoms with Crippen LogP contribution in [0.2, 0.25) is 0 Å². The maximum absolute atomic E-state index is 8.77. The summed E-state index contributed by atoms with van der Waals surface area (Å²) >= 11 is 0. The first-order chi connectivity index (χ1) is 16.7. The molecule has 3 aromatic carbocycles. The zero-order valence-corrected chi connectivity index (χ0v) is 18.9. The molecule has 0 aliphatic carbocycles. The van der Waals surface area contributed by atoms with Crippen LogP contribution in [0.1, 0.15) is 24.5 Å². The van der Waals surface area contributed by atoms with Gasteiger partial charge < -0.3 is 23.7 Å². The normalized spacial score (nSPS) is 25.5. The molecule has 0 spiro atoms. The second-order valence-electron chi connectivity index (χ2n) is 7.99. The summed E-state index contributed by atoms with van der Waals surface area (Å²) in [4.78, 5) is 0. The van der Waals surface area contributed by atoms with Crippen molar-refractivity contribution in [2.24, 2.45) is 0 Å². The van der Waals surface area contributed by atoms with Crippen molar-refractivity contribution in [2.45, 2.75) is 50.8 Å². The van der Waals surface area contributed by atoms with Crippen LogP contribution in [-0.2, 0) is 43.5 Å². The molecule has 0 bridgehead atoms. The smallest absolute Gasteiger partial charge is 0.160 e. The van der Waals surface area contributed by atoms with Gasteiger partial charge in [0.15, 0.2) is 6.29 Å². The van der Waals surface area contributed by atoms with Crippen molar-refractivity contribution in [1.82, 2.24) is 0 Å². The summed E-state index contributed by atoms with van der Waals surface area (Å²) in [5.74, 6) is 0. The predicted octanol–water partition coefficient (Wildman–Crippen LogP) is 5.14. The van der Waals surface area contributed by atoms with E-state index in [0.717, 1.165) is 16.7 Å². The molecule has 1 heterocycles. The minimum atomic E-state index is -0.764. The summed E-state index contributed by atoms with van der Waals surface area (Å²) in [6, 6.07) is 29.9. The monoisotopic (exact) mass is 449 g/mol. The maximum atomic E-state index is 8.77. The van der Waals surface area contributed by atoms with Crippen molar-refractivity contribution in [3.8, 4) is 0 Å². The quantitative estimate of drug-likeness (QED) is 0.406. The first kappa shape index (κ1) is 22.3. The molecule has 5 atom stereocenters. The third-order valence-corrected chi connectivity index (χ3v) is 5.54. The van der Waals surface area contributed by atoms with Crippen LogP contribution in [0.5, 0.6) is 0 Å². The highest BCUT2D eigenvalue weighted by molar-refractivity contribution is 5.15. The van der Waals surface area contributed by atoms with E-state index in [1.807, 2.05) is 91.0 Å². The van der Waals surface area contributed by atoms with Crippen LogP contribution in [0.15, 0.2) is 91.0 Å². The van der Waals surface area contributed by atoms with Gasteiger partial charge in [0, 0.05) is 14.9 Å². The largest absolute Gasteiger partial charge is 0.374 e. The molecule has 1 aliphatic rings. The van der Waals surface area contributed by atoms with Crippen molar-refractivity contribution in [1.29, 1.82) is 0 Å². The van der Waals surface area contributed by atoms with Crippen molar-refractivity contribution in [3.63, 3.8) is 0 Å². The minimum absolute atomic E-state index is 0.298. The first-order valence-corrected chi connectivity index (χ1v) is 11.3. The molecule has 0 N–H and O–H groups in total. The number of hydrogen-bond donors (Lipinski definition) is 0. The molecule has 0 amide bonds. The summed E-state index contributed by atoms with van der Waals surface area (Å²) in [5, 5.41) is 0. The fourth-order valence-electron chi connectivity index (χ4n) is 3.79. The SMILES string of the molecule is [2H]C1[C@@H](OC)O[C@H](COCc2ccccc2)[C@@H](OCc2ccccc2)[C@@H]1OCc1ccccc1. The molecule has 1 saturated heterocycles. The van der Waals surface area contributed by atoms with Gasteiger partial charge in [-0.3, -0.25) is 0 Å². The number of rotatable bonds is 11. The Morgan fingerprint density at radius 2 is 1.27 bits per heavy atom. The van der Waals surface area contributed by atoms with Crippen LogP contribution in [0.3, 0.4) is 0 Å². The standard InChI is InChI=1S/C28H32O5/c1-29-27-17-25(31-19-23-13-7-3-8-14-23)28(32-20-24-15-9-4-10-16-24)26(33-27)21-30-18-22-11-5-2-6-12-22/h2-16,25-28H,17-21H2,1H3/t25-,26-,27+,28+/m1/s1/i17D/t17?,25-,26-,27+,28+. The van der Waals surface area contributed by atoms with Crippen LogP contribution >= 0.6 is 0 Å². The highest BCUT2D eigenvalue weighted by Crippen LogP contribution is 2.28. The van der Waals surface area contributed by atoms with E-state index in [-0.39, 0.29) is 0 Å². The average Bonchev–Trinajstić information content (AvgIpc) is 2.89. The fraction of sp³-hybridized carbons (Fsp3) is 0.357. The molecule has 3 aromatic rings. The summed E-state index contributed by atoms with van der Waals surface area (Å²) < 4.78 is 39.0. The molecule has 174 valence electrons. The molecule has 1 fully saturated rings. The topological polar surface area (TPSA) is 46.2 Å². The van der Waals surface area contributed by atoms with Crippen LogP contribution in [0, 0.1) is 0 Å². The lowest BCUT2D eigenvalue weighted by atomic mass is 10.0. The number of methoxy groups -OCH3 is 1. The molecule has 0 aromatic heterocycles. The Morgan fingerprint density at radius 1 is 0.758 bits per heavy atom. The van der Waals surface area contributed by atoms with Gasteiger partial charge in [0.1, 0.15) is 12.2 Å². The highest BCUT2D eigenvalue weighted by atomic mass is 16.7. The molecular weight excluding hydrogens is 416 g/mol. The van der Waals surface area contributed by atoms with Gasteiger partial charge in [-0.15, -0.1) is 0 Å². The average molecular weight is 450 g/mol. The van der Waals surface area contributed by atoms with Crippen LogP contribution in [0.25, 0.3) is 0 Å². The molecule has 5 nitrogen and oxygen atoms in total. The van der Waals surface area contributed by atoms with E-state index in [4.69, 9.17) is 25.1 Å². The van der Waals surface area contributed by atoms with E-state index >= 15 is 0 Å². The molecular formula is C28H32O5. The molecule has 5 heteroatoms. The zero-order chi connectivity index (χ0) is 23.6. The Kier molecular flexibility index (Phi) is 8.52. The second kappa shape index (κ2) is 12.6. The van der Waals surface area contributed by atoms with E-state index in [2.05, 4.69) is 0 Å². The second-order valence-corrected chi connectivity index (χ2v) is 7.99. The number of ether oxygens (including phenoxy) is 5. The minimum Gasteiger partial charge on any atom is -0.374 e. The molecule has 0 radical (unpaired) electrons. The van der Waals surface area contributed by atoms with Crippen LogP contribution < -0.4 is 0 Å². The zero-order valence-electron chi connectivity index (χ0n) is 19.9. The van der Waals surface area contributed by atoms with E-state index in [1.54, 1.807) is 7.11 Å². The lowest BCUT2D eigenvalue weighted by molar-refractivity contribution is -0.272. The van der Waals surface area contributed by atoms with Crippen molar-refractivity contribution in [2.75, 3.05) is 13.7 Å². The van der Waals surface area contributed by atoms with E-state index in [9.17, 15) is 0 Å². The van der Waals surface area contributed by atoms with Crippen molar-refractivity contribution < 1.29 is 25.1 Å². The molecule has 1 unspecified atom stereocenters. The first-order valence-electron chi connectivity index (χ1n) is 11.9. The van der Waals surface area contributed by atoms with E-state index < -0.39 is 31.0 Å². The Morgan fingerprint density at radius 3 is 1.82 bits per heavy atom. The van der Waals surface area contributed by atoms with Gasteiger partial charge in [0.2, 0.25) is 0 Å². The van der Waals surface area contributed by atoms with Crippen LogP contribution in [0.4, 0.5) is 0 Å². The summed E-state index contributed by atoms with van der Waals surface area (Å²) in [6.45, 7) is 1.52. The summed E-state index contributed by atoms with van der Waals surface area (Å²) in [7, 11) is 1.55. The summed E-state index contributed by atoms with van der Waals surface area (Å²) in [6.07, 6.45) is -2.98. The van der Waals surface area contributed by atoms with Crippen molar-refractivity contribution in [3.05, 3.63) is 108 Å². The molecule has 0 saturated carbocycles. The fourth-order valence-corrected chi connectivity index (χ4v) is 3.79. The maximum Gasteiger partial charge on any atom is 0.160 e. The van der Waals surface area contributed by atoms with Gasteiger partial charge >= 0.3 is 0 Å². The Labute approximate surface area is 197 Å². The summed E-state index contributed by atoms with van der Waals surface area (Å²) in [5.41, 5.74) is 3.16. The van der Waals surface area contributed by atoms with Crippen LogP contribution in [-0.4, -0.2) is 38.3 Å². The van der Waals surface area contributed by atoms with Gasteiger partial charge in [0.05, 0.1) is 32.5 Å². The molecule has 1 aliphatic heterocycles. The van der Waals surface area contributed by atoms with E-state index in [0.29, 0.717) is 26.4 Å². The van der Waals surface area contributed by atoms with Gasteiger partial charge in [0.25, 0.3) is 0 Å². The van der Waals surface area contributed by atoms with Gasteiger partial charge in [-0.2, -0.15) is 0 Å². The predicted molar refractivity (Wildman–Crippen MR) is 126 cm³/mol. The molecule has 4 rings (SSSR count). The van der Waals surface area contributed by atoms with Gasteiger partial charge in [-0.25, -0.2) is 0 Å². The lowest BCUT2D eigenvalue weighted by Gasteiger charge is -2.41. The van der Waals surface area contributed by atoms with E-state index in [1.165, 1.54) is 0 Å². The van der Waals surface area contributed by atoms with Crippen molar-refractivity contribution >= 4 is 0 Å². The number of hydrogen-bond acceptors (Lipinski definition) is 5. The van der Waals surface area contributed by atoms with Gasteiger partial charge in [-0.05, 0) is 16.7 Å². The third-order valence-electron chi connectivity index (χ3n) is 5.54. The Bertz CT molecular complexity index is 956. The lowest BCUT2D eigenvalue weighted by Crippen LogP contribution is -2.52. The Hall–Kier alpha value is -2.54. The molecule has 33 heavy (non-hydrogen) atoms. The van der Waals surface area contributed by atoms with Gasteiger partial charge in [-0.1, -0.05) is 91.0 Å². The highest BCUT2D eigenvalue weighted by Gasteiger charge is 2.40. The number of benzene rings is 3. The Balaban J connectivity index is 1.48. The third kappa shape index (κ3) is 7.22.